The van der Waals surface area contributed by atoms with Crippen molar-refractivity contribution in [1.29, 1.82) is 0 Å². The summed E-state index contributed by atoms with van der Waals surface area (Å²) in [5.74, 6) is 0. The first-order valence-electron chi connectivity index (χ1n) is 7.35. The van der Waals surface area contributed by atoms with Gasteiger partial charge in [-0.05, 0) is 50.9 Å². The summed E-state index contributed by atoms with van der Waals surface area (Å²) in [6, 6.07) is 3.58. The number of hydrogen-bond acceptors (Lipinski definition) is 5. The van der Waals surface area contributed by atoms with Crippen LogP contribution in [0.5, 0.6) is 0 Å². The third kappa shape index (κ3) is 4.26. The minimum Gasteiger partial charge on any atom is -0.377 e. The van der Waals surface area contributed by atoms with Crippen LogP contribution in [0.15, 0.2) is 16.3 Å². The summed E-state index contributed by atoms with van der Waals surface area (Å²) in [5.41, 5.74) is -0.293. The van der Waals surface area contributed by atoms with Crippen LogP contribution in [-0.2, 0) is 21.2 Å². The predicted molar refractivity (Wildman–Crippen MR) is 85.3 cm³/mol. The zero-order chi connectivity index (χ0) is 15.3. The van der Waals surface area contributed by atoms with Crippen LogP contribution in [0.25, 0.3) is 0 Å². The van der Waals surface area contributed by atoms with Crippen LogP contribution < -0.4 is 10.0 Å². The average molecular weight is 332 g/mol. The SMILES string of the molecule is CCNCCc1ccc(S(=O)(=O)NCC2(OC)CCC2)s1. The summed E-state index contributed by atoms with van der Waals surface area (Å²) in [7, 11) is -1.77. The molecule has 1 saturated carbocycles. The van der Waals surface area contributed by atoms with Crippen molar-refractivity contribution in [2.24, 2.45) is 0 Å². The molecule has 1 heterocycles. The Morgan fingerprint density at radius 1 is 1.38 bits per heavy atom. The van der Waals surface area contributed by atoms with Gasteiger partial charge < -0.3 is 10.1 Å². The molecular weight excluding hydrogens is 308 g/mol. The highest BCUT2D eigenvalue weighted by molar-refractivity contribution is 7.91. The molecule has 1 fully saturated rings. The van der Waals surface area contributed by atoms with Gasteiger partial charge in [0, 0.05) is 18.5 Å². The summed E-state index contributed by atoms with van der Waals surface area (Å²) < 4.78 is 33.1. The van der Waals surface area contributed by atoms with E-state index >= 15 is 0 Å². The maximum atomic E-state index is 12.3. The maximum absolute atomic E-state index is 12.3. The Bertz CT molecular complexity index is 545. The van der Waals surface area contributed by atoms with Gasteiger partial charge in [0.25, 0.3) is 0 Å². The number of sulfonamides is 1. The Labute approximate surface area is 131 Å². The minimum atomic E-state index is -3.42. The van der Waals surface area contributed by atoms with Gasteiger partial charge in [-0.15, -0.1) is 11.3 Å². The van der Waals surface area contributed by atoms with Gasteiger partial charge in [0.15, 0.2) is 0 Å². The molecule has 1 aromatic heterocycles. The molecule has 0 amide bonds. The Morgan fingerprint density at radius 2 is 2.14 bits per heavy atom. The quantitative estimate of drug-likeness (QED) is 0.676. The highest BCUT2D eigenvalue weighted by Gasteiger charge is 2.38. The van der Waals surface area contributed by atoms with E-state index in [1.807, 2.05) is 6.07 Å². The molecule has 120 valence electrons. The Hall–Kier alpha value is -0.470. The topological polar surface area (TPSA) is 67.4 Å². The fourth-order valence-electron chi connectivity index (χ4n) is 2.35. The zero-order valence-corrected chi connectivity index (χ0v) is 14.3. The van der Waals surface area contributed by atoms with Gasteiger partial charge in [0.2, 0.25) is 10.0 Å². The highest BCUT2D eigenvalue weighted by atomic mass is 32.2. The monoisotopic (exact) mass is 332 g/mol. The van der Waals surface area contributed by atoms with E-state index < -0.39 is 10.0 Å². The third-order valence-corrected chi connectivity index (χ3v) is 7.02. The molecule has 2 rings (SSSR count). The van der Waals surface area contributed by atoms with Gasteiger partial charge in [-0.2, -0.15) is 0 Å². The third-order valence-electron chi connectivity index (χ3n) is 3.98. The summed E-state index contributed by atoms with van der Waals surface area (Å²) in [6.07, 6.45) is 3.80. The molecule has 0 spiro atoms. The van der Waals surface area contributed by atoms with Crippen molar-refractivity contribution in [3.05, 3.63) is 17.0 Å². The van der Waals surface area contributed by atoms with Crippen molar-refractivity contribution >= 4 is 21.4 Å². The highest BCUT2D eigenvalue weighted by Crippen LogP contribution is 2.34. The molecule has 0 radical (unpaired) electrons. The number of ether oxygens (including phenoxy) is 1. The first-order valence-corrected chi connectivity index (χ1v) is 9.65. The van der Waals surface area contributed by atoms with E-state index in [1.54, 1.807) is 13.2 Å². The van der Waals surface area contributed by atoms with Crippen LogP contribution in [0.3, 0.4) is 0 Å². The normalized spacial score (nSPS) is 17.6. The van der Waals surface area contributed by atoms with Gasteiger partial charge in [0.05, 0.1) is 5.60 Å². The van der Waals surface area contributed by atoms with E-state index in [0.29, 0.717) is 10.8 Å². The Kier molecular flexibility index (Phi) is 5.79. The molecule has 1 aliphatic carbocycles. The van der Waals surface area contributed by atoms with E-state index in [0.717, 1.165) is 43.6 Å². The molecule has 1 aromatic rings. The number of thiophene rings is 1. The number of hydrogen-bond donors (Lipinski definition) is 2. The molecule has 7 heteroatoms. The van der Waals surface area contributed by atoms with Crippen molar-refractivity contribution in [2.75, 3.05) is 26.7 Å². The van der Waals surface area contributed by atoms with Crippen LogP contribution in [0.2, 0.25) is 0 Å². The van der Waals surface area contributed by atoms with Crippen LogP contribution in [0.1, 0.15) is 31.1 Å². The molecule has 0 aromatic carbocycles. The fraction of sp³-hybridized carbons (Fsp3) is 0.714. The average Bonchev–Trinajstić information content (AvgIpc) is 2.88. The molecule has 0 saturated heterocycles. The summed E-state index contributed by atoms with van der Waals surface area (Å²) in [5, 5.41) is 3.24. The second kappa shape index (κ2) is 7.19. The standard InChI is InChI=1S/C14H24N2O3S2/c1-3-15-10-7-12-5-6-13(20-12)21(17,18)16-11-14(19-2)8-4-9-14/h5-6,15-16H,3-4,7-11H2,1-2H3. The summed E-state index contributed by atoms with van der Waals surface area (Å²) in [4.78, 5) is 1.08. The second-order valence-electron chi connectivity index (χ2n) is 5.39. The van der Waals surface area contributed by atoms with Gasteiger partial charge in [0.1, 0.15) is 4.21 Å². The van der Waals surface area contributed by atoms with E-state index in [9.17, 15) is 8.42 Å². The second-order valence-corrected chi connectivity index (χ2v) is 8.55. The van der Waals surface area contributed by atoms with E-state index in [4.69, 9.17) is 4.74 Å². The summed E-state index contributed by atoms with van der Waals surface area (Å²) in [6.45, 7) is 4.21. The van der Waals surface area contributed by atoms with Crippen molar-refractivity contribution in [1.82, 2.24) is 10.0 Å². The molecule has 5 nitrogen and oxygen atoms in total. The Balaban J connectivity index is 1.93. The predicted octanol–water partition coefficient (Wildman–Crippen LogP) is 1.75. The molecule has 21 heavy (non-hydrogen) atoms. The molecule has 0 atom stereocenters. The largest absolute Gasteiger partial charge is 0.377 e. The van der Waals surface area contributed by atoms with Crippen LogP contribution in [0.4, 0.5) is 0 Å². The minimum absolute atomic E-state index is 0.293. The van der Waals surface area contributed by atoms with E-state index in [1.165, 1.54) is 11.3 Å². The number of methoxy groups -OCH3 is 1. The number of rotatable bonds is 9. The first kappa shape index (κ1) is 16.9. The van der Waals surface area contributed by atoms with Gasteiger partial charge in [-0.1, -0.05) is 6.92 Å². The maximum Gasteiger partial charge on any atom is 0.250 e. The lowest BCUT2D eigenvalue weighted by Gasteiger charge is -2.40. The molecule has 0 bridgehead atoms. The molecule has 0 aliphatic heterocycles. The van der Waals surface area contributed by atoms with Crippen LogP contribution >= 0.6 is 11.3 Å². The van der Waals surface area contributed by atoms with Crippen molar-refractivity contribution in [3.63, 3.8) is 0 Å². The van der Waals surface area contributed by atoms with Crippen molar-refractivity contribution in [3.8, 4) is 0 Å². The van der Waals surface area contributed by atoms with Gasteiger partial charge >= 0.3 is 0 Å². The molecule has 0 unspecified atom stereocenters. The fourth-order valence-corrected chi connectivity index (χ4v) is 4.86. The smallest absolute Gasteiger partial charge is 0.250 e. The molecular formula is C14H24N2O3S2. The van der Waals surface area contributed by atoms with Crippen LogP contribution in [-0.4, -0.2) is 40.8 Å². The van der Waals surface area contributed by atoms with E-state index in [2.05, 4.69) is 17.0 Å². The van der Waals surface area contributed by atoms with Crippen LogP contribution in [0, 0.1) is 0 Å². The zero-order valence-electron chi connectivity index (χ0n) is 12.6. The molecule has 1 aliphatic rings. The van der Waals surface area contributed by atoms with Gasteiger partial charge in [-0.3, -0.25) is 0 Å². The van der Waals surface area contributed by atoms with E-state index in [-0.39, 0.29) is 5.60 Å². The lowest BCUT2D eigenvalue weighted by atomic mass is 9.80. The molecule has 2 N–H and O–H groups in total. The van der Waals surface area contributed by atoms with Crippen molar-refractivity contribution in [2.45, 2.75) is 42.4 Å². The van der Waals surface area contributed by atoms with Crippen molar-refractivity contribution < 1.29 is 13.2 Å². The Morgan fingerprint density at radius 3 is 2.71 bits per heavy atom. The number of nitrogens with one attached hydrogen (secondary N) is 2. The van der Waals surface area contributed by atoms with Gasteiger partial charge in [-0.25, -0.2) is 13.1 Å². The lowest BCUT2D eigenvalue weighted by Crippen LogP contribution is -2.49. The summed E-state index contributed by atoms with van der Waals surface area (Å²) >= 11 is 1.34. The lowest BCUT2D eigenvalue weighted by molar-refractivity contribution is -0.0659. The first-order chi connectivity index (χ1) is 10.0. The number of likely N-dealkylation sites (N-methyl/N-ethyl adjacent to an activating group) is 1.